The third-order valence-corrected chi connectivity index (χ3v) is 3.65. The molecule has 116 valence electrons. The molecule has 1 amide bonds. The minimum atomic E-state index is -0.951. The first-order valence-electron chi connectivity index (χ1n) is 7.17. The smallest absolute Gasteiger partial charge is 0.223 e. The third-order valence-electron chi connectivity index (χ3n) is 3.65. The average molecular weight is 298 g/mol. The van der Waals surface area contributed by atoms with Gasteiger partial charge in [0.05, 0.1) is 6.54 Å². The molecule has 0 aromatic heterocycles. The fourth-order valence-corrected chi connectivity index (χ4v) is 2.52. The highest BCUT2D eigenvalue weighted by Crippen LogP contribution is 2.23. The molecule has 1 aliphatic carbocycles. The first kappa shape index (κ1) is 15.7. The zero-order chi connectivity index (χ0) is 15.2. The van der Waals surface area contributed by atoms with Gasteiger partial charge in [0.1, 0.15) is 12.4 Å². The predicted molar refractivity (Wildman–Crippen MR) is 74.8 cm³/mol. The van der Waals surface area contributed by atoms with Crippen molar-refractivity contribution in [1.29, 1.82) is 0 Å². The Labute approximate surface area is 122 Å². The minimum Gasteiger partial charge on any atom is -0.492 e. The Kier molecular flexibility index (Phi) is 5.50. The van der Waals surface area contributed by atoms with Crippen LogP contribution in [0.1, 0.15) is 25.7 Å². The normalized spacial score (nSPS) is 21.9. The van der Waals surface area contributed by atoms with E-state index in [1.807, 2.05) is 0 Å². The van der Waals surface area contributed by atoms with E-state index in [2.05, 4.69) is 5.32 Å². The molecule has 4 nitrogen and oxygen atoms in total. The second-order valence-corrected chi connectivity index (χ2v) is 5.34. The highest BCUT2D eigenvalue weighted by atomic mass is 19.2. The molecule has 1 aromatic carbocycles. The van der Waals surface area contributed by atoms with Crippen molar-refractivity contribution >= 4 is 5.91 Å². The van der Waals surface area contributed by atoms with Crippen LogP contribution in [0.15, 0.2) is 18.2 Å². The van der Waals surface area contributed by atoms with Gasteiger partial charge >= 0.3 is 0 Å². The summed E-state index contributed by atoms with van der Waals surface area (Å²) in [6, 6.07) is 3.44. The molecule has 0 aliphatic heterocycles. The Bertz CT molecular complexity index is 497. The number of nitrogens with one attached hydrogen (secondary N) is 1. The van der Waals surface area contributed by atoms with Gasteiger partial charge in [-0.05, 0) is 31.4 Å². The van der Waals surface area contributed by atoms with Crippen molar-refractivity contribution in [3.63, 3.8) is 0 Å². The number of halogens is 2. The van der Waals surface area contributed by atoms with Gasteiger partial charge in [0.2, 0.25) is 5.91 Å². The Balaban J connectivity index is 1.69. The molecule has 2 atom stereocenters. The number of nitrogens with two attached hydrogens (primary N) is 1. The zero-order valence-electron chi connectivity index (χ0n) is 11.8. The van der Waals surface area contributed by atoms with Crippen LogP contribution in [0.5, 0.6) is 5.75 Å². The lowest BCUT2D eigenvalue weighted by Gasteiger charge is -2.25. The molecule has 0 heterocycles. The molecule has 1 aromatic rings. The second-order valence-electron chi connectivity index (χ2n) is 5.34. The van der Waals surface area contributed by atoms with E-state index in [4.69, 9.17) is 10.5 Å². The van der Waals surface area contributed by atoms with Crippen LogP contribution in [0.25, 0.3) is 0 Å². The van der Waals surface area contributed by atoms with Crippen molar-refractivity contribution in [3.8, 4) is 5.75 Å². The van der Waals surface area contributed by atoms with Gasteiger partial charge in [-0.25, -0.2) is 8.78 Å². The van der Waals surface area contributed by atoms with Crippen molar-refractivity contribution in [3.05, 3.63) is 29.8 Å². The summed E-state index contributed by atoms with van der Waals surface area (Å²) in [4.78, 5) is 11.9. The van der Waals surface area contributed by atoms with E-state index >= 15 is 0 Å². The summed E-state index contributed by atoms with van der Waals surface area (Å²) in [6.45, 7) is 0.527. The molecular weight excluding hydrogens is 278 g/mol. The molecule has 1 saturated carbocycles. The zero-order valence-corrected chi connectivity index (χ0v) is 11.8. The lowest BCUT2D eigenvalue weighted by Crippen LogP contribution is -2.39. The number of ether oxygens (including phenoxy) is 1. The molecule has 1 fully saturated rings. The largest absolute Gasteiger partial charge is 0.492 e. The minimum absolute atomic E-state index is 0.0148. The molecule has 2 rings (SSSR count). The number of benzene rings is 1. The number of carbonyl (C=O) groups excluding carboxylic acids is 1. The SMILES string of the molecule is NC1CCCC(C(=O)NCCOc2ccc(F)c(F)c2)C1. The highest BCUT2D eigenvalue weighted by Gasteiger charge is 2.24. The van der Waals surface area contributed by atoms with Gasteiger partial charge in [0.15, 0.2) is 11.6 Å². The number of rotatable bonds is 5. The Morgan fingerprint density at radius 2 is 2.14 bits per heavy atom. The summed E-state index contributed by atoms with van der Waals surface area (Å²) in [5.41, 5.74) is 5.85. The number of carbonyl (C=O) groups is 1. The maximum Gasteiger partial charge on any atom is 0.223 e. The molecule has 21 heavy (non-hydrogen) atoms. The predicted octanol–water partition coefficient (Wildman–Crippen LogP) is 1.98. The Morgan fingerprint density at radius 3 is 2.86 bits per heavy atom. The van der Waals surface area contributed by atoms with Gasteiger partial charge in [-0.3, -0.25) is 4.79 Å². The summed E-state index contributed by atoms with van der Waals surface area (Å²) < 4.78 is 30.9. The maximum absolute atomic E-state index is 13.0. The molecule has 0 bridgehead atoms. The lowest BCUT2D eigenvalue weighted by molar-refractivity contribution is -0.126. The molecule has 2 unspecified atom stereocenters. The average Bonchev–Trinajstić information content (AvgIpc) is 2.47. The van der Waals surface area contributed by atoms with Crippen LogP contribution < -0.4 is 15.8 Å². The van der Waals surface area contributed by atoms with E-state index in [9.17, 15) is 13.6 Å². The summed E-state index contributed by atoms with van der Waals surface area (Å²) in [6.07, 6.45) is 3.53. The van der Waals surface area contributed by atoms with Gasteiger partial charge in [-0.1, -0.05) is 6.42 Å². The van der Waals surface area contributed by atoms with Crippen molar-refractivity contribution < 1.29 is 18.3 Å². The summed E-state index contributed by atoms with van der Waals surface area (Å²) >= 11 is 0. The Hall–Kier alpha value is -1.69. The van der Waals surface area contributed by atoms with E-state index in [0.717, 1.165) is 37.8 Å². The van der Waals surface area contributed by atoms with E-state index < -0.39 is 11.6 Å². The van der Waals surface area contributed by atoms with Gasteiger partial charge in [-0.2, -0.15) is 0 Å². The monoisotopic (exact) mass is 298 g/mol. The molecule has 6 heteroatoms. The second kappa shape index (κ2) is 7.36. The fraction of sp³-hybridized carbons (Fsp3) is 0.533. The molecule has 0 radical (unpaired) electrons. The highest BCUT2D eigenvalue weighted by molar-refractivity contribution is 5.78. The number of hydrogen-bond acceptors (Lipinski definition) is 3. The maximum atomic E-state index is 13.0. The summed E-state index contributed by atoms with van der Waals surface area (Å²) in [5, 5.41) is 2.78. The van der Waals surface area contributed by atoms with Gasteiger partial charge in [-0.15, -0.1) is 0 Å². The van der Waals surface area contributed by atoms with Gasteiger partial charge in [0.25, 0.3) is 0 Å². The summed E-state index contributed by atoms with van der Waals surface area (Å²) in [7, 11) is 0. The van der Waals surface area contributed by atoms with Crippen LogP contribution in [-0.4, -0.2) is 25.1 Å². The first-order valence-corrected chi connectivity index (χ1v) is 7.17. The topological polar surface area (TPSA) is 64.4 Å². The van der Waals surface area contributed by atoms with E-state index in [1.165, 1.54) is 6.07 Å². The van der Waals surface area contributed by atoms with Crippen LogP contribution in [-0.2, 0) is 4.79 Å². The molecule has 0 saturated heterocycles. The van der Waals surface area contributed by atoms with Crippen LogP contribution >= 0.6 is 0 Å². The molecule has 0 spiro atoms. The van der Waals surface area contributed by atoms with Crippen molar-refractivity contribution in [2.75, 3.05) is 13.2 Å². The van der Waals surface area contributed by atoms with Gasteiger partial charge in [0, 0.05) is 18.0 Å². The standard InChI is InChI=1S/C15H20F2N2O2/c16-13-5-4-12(9-14(13)17)21-7-6-19-15(20)10-2-1-3-11(18)8-10/h4-5,9-11H,1-3,6-8,18H2,(H,19,20). The third kappa shape index (κ3) is 4.67. The van der Waals surface area contributed by atoms with Crippen LogP contribution in [0.3, 0.4) is 0 Å². The quantitative estimate of drug-likeness (QED) is 0.817. The molecule has 3 N–H and O–H groups in total. The lowest BCUT2D eigenvalue weighted by atomic mass is 9.85. The first-order chi connectivity index (χ1) is 10.1. The fourth-order valence-electron chi connectivity index (χ4n) is 2.52. The van der Waals surface area contributed by atoms with E-state index in [0.29, 0.717) is 6.54 Å². The van der Waals surface area contributed by atoms with Crippen molar-refractivity contribution in [2.45, 2.75) is 31.7 Å². The molecular formula is C15H20F2N2O2. The number of amides is 1. The van der Waals surface area contributed by atoms with E-state index in [-0.39, 0.29) is 30.2 Å². The van der Waals surface area contributed by atoms with Gasteiger partial charge < -0.3 is 15.8 Å². The van der Waals surface area contributed by atoms with Crippen LogP contribution in [0, 0.1) is 17.6 Å². The number of hydrogen-bond donors (Lipinski definition) is 2. The van der Waals surface area contributed by atoms with Crippen molar-refractivity contribution in [1.82, 2.24) is 5.32 Å². The molecule has 1 aliphatic rings. The van der Waals surface area contributed by atoms with Crippen molar-refractivity contribution in [2.24, 2.45) is 11.7 Å². The Morgan fingerprint density at radius 1 is 1.33 bits per heavy atom. The van der Waals surface area contributed by atoms with E-state index in [1.54, 1.807) is 0 Å². The van der Waals surface area contributed by atoms with Crippen LogP contribution in [0.4, 0.5) is 8.78 Å². The summed E-state index contributed by atoms with van der Waals surface area (Å²) in [5.74, 6) is -1.67. The van der Waals surface area contributed by atoms with Crippen LogP contribution in [0.2, 0.25) is 0 Å².